The molecule has 0 aliphatic heterocycles. The van der Waals surface area contributed by atoms with Gasteiger partial charge in [0.05, 0.1) is 10.3 Å². The maximum absolute atomic E-state index is 12.5. The van der Waals surface area contributed by atoms with Crippen molar-refractivity contribution >= 4 is 16.7 Å². The zero-order chi connectivity index (χ0) is 16.7. The summed E-state index contributed by atoms with van der Waals surface area (Å²) >= 11 is 0. The summed E-state index contributed by atoms with van der Waals surface area (Å²) in [5.41, 5.74) is 0.206. The Morgan fingerprint density at radius 2 is 1.87 bits per heavy atom. The van der Waals surface area contributed by atoms with Crippen LogP contribution in [0.3, 0.4) is 0 Å². The van der Waals surface area contributed by atoms with E-state index in [0.717, 1.165) is 4.57 Å². The van der Waals surface area contributed by atoms with Gasteiger partial charge in [0.1, 0.15) is 5.65 Å². The van der Waals surface area contributed by atoms with E-state index < -0.39 is 16.2 Å². The Morgan fingerprint density at radius 3 is 2.57 bits per heavy atom. The van der Waals surface area contributed by atoms with Gasteiger partial charge in [-0.3, -0.25) is 24.0 Å². The molecule has 0 saturated carbocycles. The molecule has 0 N–H and O–H groups in total. The number of hydrogen-bond acceptors (Lipinski definition) is 5. The van der Waals surface area contributed by atoms with Gasteiger partial charge in [0.2, 0.25) is 0 Å². The van der Waals surface area contributed by atoms with Crippen molar-refractivity contribution in [2.45, 2.75) is 0 Å². The van der Waals surface area contributed by atoms with E-state index >= 15 is 0 Å². The second kappa shape index (κ2) is 5.16. The summed E-state index contributed by atoms with van der Waals surface area (Å²) in [6, 6.07) is 7.59. The highest BCUT2D eigenvalue weighted by Gasteiger charge is 2.16. The van der Waals surface area contributed by atoms with Crippen LogP contribution in [0.4, 0.5) is 5.69 Å². The van der Waals surface area contributed by atoms with Gasteiger partial charge < -0.3 is 0 Å². The fourth-order valence-corrected chi connectivity index (χ4v) is 2.51. The summed E-state index contributed by atoms with van der Waals surface area (Å²) < 4.78 is 2.27. The van der Waals surface area contributed by atoms with Gasteiger partial charge in [-0.05, 0) is 17.2 Å². The van der Waals surface area contributed by atoms with Crippen molar-refractivity contribution in [2.75, 3.05) is 0 Å². The van der Waals surface area contributed by atoms with E-state index in [-0.39, 0.29) is 16.7 Å². The van der Waals surface area contributed by atoms with Crippen molar-refractivity contribution in [2.24, 2.45) is 14.1 Å². The van der Waals surface area contributed by atoms with Crippen LogP contribution in [0.5, 0.6) is 0 Å². The van der Waals surface area contributed by atoms with Gasteiger partial charge in [-0.1, -0.05) is 12.1 Å². The fraction of sp³-hybridized carbons (Fsp3) is 0.133. The van der Waals surface area contributed by atoms with Crippen LogP contribution in [0.2, 0.25) is 0 Å². The smallest absolute Gasteiger partial charge is 0.280 e. The van der Waals surface area contributed by atoms with E-state index in [1.807, 2.05) is 0 Å². The Morgan fingerprint density at radius 1 is 1.13 bits per heavy atom. The van der Waals surface area contributed by atoms with Crippen LogP contribution in [0.25, 0.3) is 22.2 Å². The molecule has 0 aliphatic rings. The number of nitro groups is 1. The molecule has 3 rings (SSSR count). The first-order chi connectivity index (χ1) is 10.9. The Bertz CT molecular complexity index is 1070. The molecule has 0 atom stereocenters. The molecular formula is C15H12N4O4. The largest absolute Gasteiger partial charge is 0.332 e. The number of hydrogen-bond donors (Lipinski definition) is 0. The van der Waals surface area contributed by atoms with Gasteiger partial charge >= 0.3 is 5.69 Å². The lowest BCUT2D eigenvalue weighted by molar-refractivity contribution is -0.384. The molecule has 0 radical (unpaired) electrons. The number of nitrogens with zero attached hydrogens (tertiary/aromatic N) is 4. The molecule has 116 valence electrons. The van der Waals surface area contributed by atoms with Gasteiger partial charge in [0.15, 0.2) is 0 Å². The highest BCUT2D eigenvalue weighted by Crippen LogP contribution is 2.27. The number of aromatic nitrogens is 3. The highest BCUT2D eigenvalue weighted by atomic mass is 16.6. The quantitative estimate of drug-likeness (QED) is 0.523. The van der Waals surface area contributed by atoms with Crippen LogP contribution in [0.1, 0.15) is 0 Å². The Labute approximate surface area is 129 Å². The fourth-order valence-electron chi connectivity index (χ4n) is 2.51. The van der Waals surface area contributed by atoms with E-state index in [1.165, 1.54) is 37.0 Å². The van der Waals surface area contributed by atoms with E-state index in [4.69, 9.17) is 0 Å². The van der Waals surface area contributed by atoms with Gasteiger partial charge in [0.25, 0.3) is 11.2 Å². The third-order valence-electron chi connectivity index (χ3n) is 3.71. The summed E-state index contributed by atoms with van der Waals surface area (Å²) in [7, 11) is 2.91. The van der Waals surface area contributed by atoms with Gasteiger partial charge in [-0.2, -0.15) is 0 Å². The van der Waals surface area contributed by atoms with Crippen LogP contribution < -0.4 is 11.2 Å². The molecule has 0 spiro atoms. The molecule has 2 heterocycles. The number of fused-ring (bicyclic) bond motifs is 1. The molecule has 3 aromatic rings. The molecular weight excluding hydrogens is 300 g/mol. The number of pyridine rings is 1. The monoisotopic (exact) mass is 312 g/mol. The first-order valence-electron chi connectivity index (χ1n) is 6.71. The average Bonchev–Trinajstić information content (AvgIpc) is 2.57. The normalized spacial score (nSPS) is 10.9. The standard InChI is InChI=1S/C15H12N4O4/c1-17-13-12(14(20)18(2)15(17)21)11(6-7-16-13)9-4-3-5-10(8-9)19(22)23/h3-8H,1-2H3. The maximum atomic E-state index is 12.5. The highest BCUT2D eigenvalue weighted by molar-refractivity contribution is 5.92. The van der Waals surface area contributed by atoms with E-state index in [2.05, 4.69) is 4.98 Å². The average molecular weight is 312 g/mol. The van der Waals surface area contributed by atoms with E-state index in [1.54, 1.807) is 18.2 Å². The van der Waals surface area contributed by atoms with Crippen molar-refractivity contribution in [3.63, 3.8) is 0 Å². The van der Waals surface area contributed by atoms with E-state index in [9.17, 15) is 19.7 Å². The van der Waals surface area contributed by atoms with Crippen LogP contribution in [-0.4, -0.2) is 19.0 Å². The Kier molecular flexibility index (Phi) is 3.29. The zero-order valence-electron chi connectivity index (χ0n) is 12.4. The minimum atomic E-state index is -0.499. The molecule has 8 nitrogen and oxygen atoms in total. The second-order valence-electron chi connectivity index (χ2n) is 5.07. The Hall–Kier alpha value is -3.29. The molecule has 8 heteroatoms. The summed E-state index contributed by atoms with van der Waals surface area (Å²) in [5, 5.41) is 11.2. The topological polar surface area (TPSA) is 100 Å². The molecule has 1 aromatic carbocycles. The molecule has 0 saturated heterocycles. The maximum Gasteiger partial charge on any atom is 0.332 e. The number of rotatable bonds is 2. The second-order valence-corrected chi connectivity index (χ2v) is 5.07. The van der Waals surface area contributed by atoms with Crippen LogP contribution in [-0.2, 0) is 14.1 Å². The third kappa shape index (κ3) is 2.20. The molecule has 2 aromatic heterocycles. The first-order valence-corrected chi connectivity index (χ1v) is 6.71. The number of non-ortho nitro benzene ring substituents is 1. The summed E-state index contributed by atoms with van der Waals surface area (Å²) in [6.45, 7) is 0. The lowest BCUT2D eigenvalue weighted by atomic mass is 10.0. The molecule has 0 amide bonds. The SMILES string of the molecule is Cn1c(=O)c2c(-c3cccc([N+](=O)[O-])c3)ccnc2n(C)c1=O. The number of benzene rings is 1. The lowest BCUT2D eigenvalue weighted by Gasteiger charge is -2.10. The minimum absolute atomic E-state index is 0.0749. The third-order valence-corrected chi connectivity index (χ3v) is 3.71. The predicted molar refractivity (Wildman–Crippen MR) is 84.3 cm³/mol. The first kappa shape index (κ1) is 14.6. The minimum Gasteiger partial charge on any atom is -0.280 e. The van der Waals surface area contributed by atoms with Gasteiger partial charge in [0, 0.05) is 32.4 Å². The van der Waals surface area contributed by atoms with Crippen LogP contribution >= 0.6 is 0 Å². The molecule has 0 aliphatic carbocycles. The van der Waals surface area contributed by atoms with E-state index in [0.29, 0.717) is 11.1 Å². The summed E-state index contributed by atoms with van der Waals surface area (Å²) in [5.74, 6) is 0. The van der Waals surface area contributed by atoms with Crippen molar-refractivity contribution in [3.05, 3.63) is 67.5 Å². The van der Waals surface area contributed by atoms with Crippen molar-refractivity contribution in [1.29, 1.82) is 0 Å². The van der Waals surface area contributed by atoms with Crippen molar-refractivity contribution in [3.8, 4) is 11.1 Å². The van der Waals surface area contributed by atoms with Crippen molar-refractivity contribution < 1.29 is 4.92 Å². The lowest BCUT2D eigenvalue weighted by Crippen LogP contribution is -2.37. The van der Waals surface area contributed by atoms with Crippen LogP contribution in [0, 0.1) is 10.1 Å². The van der Waals surface area contributed by atoms with Crippen molar-refractivity contribution in [1.82, 2.24) is 14.1 Å². The molecule has 23 heavy (non-hydrogen) atoms. The Balaban J connectivity index is 2.45. The molecule has 0 unspecified atom stereocenters. The summed E-state index contributed by atoms with van der Waals surface area (Å²) in [4.78, 5) is 39.0. The summed E-state index contributed by atoms with van der Waals surface area (Å²) in [6.07, 6.45) is 1.47. The van der Waals surface area contributed by atoms with Crippen LogP contribution in [0.15, 0.2) is 46.1 Å². The predicted octanol–water partition coefficient (Wildman–Crippen LogP) is 1.21. The molecule has 0 bridgehead atoms. The number of aryl methyl sites for hydroxylation is 1. The number of nitro benzene ring substituents is 1. The van der Waals surface area contributed by atoms with Gasteiger partial charge in [-0.25, -0.2) is 9.78 Å². The zero-order valence-corrected chi connectivity index (χ0v) is 12.4. The van der Waals surface area contributed by atoms with Gasteiger partial charge in [-0.15, -0.1) is 0 Å². The molecule has 0 fully saturated rings.